The molecular weight excluding hydrogens is 339 g/mol. The fourth-order valence-electron chi connectivity index (χ4n) is 2.30. The second-order valence-corrected chi connectivity index (χ2v) is 4.92. The first-order valence-corrected chi connectivity index (χ1v) is 7.25. The molecule has 0 aliphatic heterocycles. The summed E-state index contributed by atoms with van der Waals surface area (Å²) in [6.07, 6.45) is -1.76. The van der Waals surface area contributed by atoms with Crippen molar-refractivity contribution in [3.63, 3.8) is 0 Å². The average molecular weight is 351 g/mol. The van der Waals surface area contributed by atoms with Crippen molar-refractivity contribution in [2.24, 2.45) is 0 Å². The SMILES string of the molecule is CCOC(=O)c1nn(-c2ccc(OC(F)(F)F)cc2)c2ccncc12. The Labute approximate surface area is 139 Å². The molecule has 2 heterocycles. The predicted molar refractivity (Wildman–Crippen MR) is 81.5 cm³/mol. The van der Waals surface area contributed by atoms with E-state index in [0.29, 0.717) is 16.6 Å². The Morgan fingerprint density at radius 3 is 2.56 bits per heavy atom. The Kier molecular flexibility index (Phi) is 4.30. The lowest BCUT2D eigenvalue weighted by Crippen LogP contribution is -2.17. The van der Waals surface area contributed by atoms with Gasteiger partial charge in [-0.25, -0.2) is 9.48 Å². The van der Waals surface area contributed by atoms with Crippen molar-refractivity contribution in [1.29, 1.82) is 0 Å². The summed E-state index contributed by atoms with van der Waals surface area (Å²) in [5.41, 5.74) is 1.12. The Morgan fingerprint density at radius 1 is 1.20 bits per heavy atom. The van der Waals surface area contributed by atoms with Gasteiger partial charge in [-0.3, -0.25) is 4.98 Å². The number of nitrogens with zero attached hydrogens (tertiary/aromatic N) is 3. The summed E-state index contributed by atoms with van der Waals surface area (Å²) in [5, 5.41) is 4.70. The molecule has 3 rings (SSSR count). The number of fused-ring (bicyclic) bond motifs is 1. The van der Waals surface area contributed by atoms with Crippen molar-refractivity contribution in [3.8, 4) is 11.4 Å². The molecule has 1 aromatic carbocycles. The van der Waals surface area contributed by atoms with Crippen molar-refractivity contribution >= 4 is 16.9 Å². The standard InChI is InChI=1S/C16H12F3N3O3/c1-2-24-15(23)14-12-9-20-8-7-13(12)22(21-14)10-3-5-11(6-4-10)25-16(17,18)19/h3-9H,2H2,1H3. The zero-order valence-corrected chi connectivity index (χ0v) is 12.9. The Hall–Kier alpha value is -3.10. The van der Waals surface area contributed by atoms with Gasteiger partial charge in [0.2, 0.25) is 0 Å². The molecule has 0 aliphatic carbocycles. The maximum absolute atomic E-state index is 12.2. The normalized spacial score (nSPS) is 11.5. The minimum absolute atomic E-state index is 0.0839. The van der Waals surface area contributed by atoms with Gasteiger partial charge in [0.05, 0.1) is 23.2 Å². The summed E-state index contributed by atoms with van der Waals surface area (Å²) < 4.78 is 47.0. The molecule has 0 atom stereocenters. The molecule has 130 valence electrons. The van der Waals surface area contributed by atoms with Gasteiger partial charge >= 0.3 is 12.3 Å². The smallest absolute Gasteiger partial charge is 0.461 e. The van der Waals surface area contributed by atoms with E-state index in [4.69, 9.17) is 4.74 Å². The molecule has 0 aliphatic rings. The monoisotopic (exact) mass is 351 g/mol. The number of hydrogen-bond donors (Lipinski definition) is 0. The third-order valence-electron chi connectivity index (χ3n) is 3.27. The second kappa shape index (κ2) is 6.42. The summed E-state index contributed by atoms with van der Waals surface area (Å²) in [6.45, 7) is 1.87. The molecule has 0 amide bonds. The summed E-state index contributed by atoms with van der Waals surface area (Å²) in [6, 6.07) is 6.79. The Morgan fingerprint density at radius 2 is 1.92 bits per heavy atom. The number of benzene rings is 1. The zero-order valence-electron chi connectivity index (χ0n) is 12.9. The number of esters is 1. The Bertz CT molecular complexity index is 904. The molecule has 0 bridgehead atoms. The van der Waals surface area contributed by atoms with Crippen LogP contribution in [-0.4, -0.2) is 33.7 Å². The second-order valence-electron chi connectivity index (χ2n) is 4.92. The van der Waals surface area contributed by atoms with Crippen LogP contribution in [0, 0.1) is 0 Å². The van der Waals surface area contributed by atoms with Crippen LogP contribution in [0.2, 0.25) is 0 Å². The molecule has 0 N–H and O–H groups in total. The van der Waals surface area contributed by atoms with Crippen molar-refractivity contribution in [2.75, 3.05) is 6.61 Å². The molecule has 0 spiro atoms. The van der Waals surface area contributed by atoms with E-state index < -0.39 is 12.3 Å². The van der Waals surface area contributed by atoms with Crippen LogP contribution in [0.4, 0.5) is 13.2 Å². The minimum Gasteiger partial charge on any atom is -0.461 e. The lowest BCUT2D eigenvalue weighted by Gasteiger charge is -2.09. The molecule has 6 nitrogen and oxygen atoms in total. The third-order valence-corrected chi connectivity index (χ3v) is 3.27. The fraction of sp³-hybridized carbons (Fsp3) is 0.188. The molecular formula is C16H12F3N3O3. The first kappa shape index (κ1) is 16.7. The topological polar surface area (TPSA) is 66.2 Å². The van der Waals surface area contributed by atoms with E-state index in [1.54, 1.807) is 13.0 Å². The van der Waals surface area contributed by atoms with Crippen molar-refractivity contribution < 1.29 is 27.4 Å². The number of ether oxygens (including phenoxy) is 2. The van der Waals surface area contributed by atoms with Crippen molar-refractivity contribution in [3.05, 3.63) is 48.4 Å². The highest BCUT2D eigenvalue weighted by Gasteiger charge is 2.31. The number of pyridine rings is 1. The first-order valence-electron chi connectivity index (χ1n) is 7.25. The highest BCUT2D eigenvalue weighted by molar-refractivity contribution is 6.02. The third kappa shape index (κ3) is 3.54. The Balaban J connectivity index is 2.02. The highest BCUT2D eigenvalue weighted by Crippen LogP contribution is 2.26. The molecule has 2 aromatic heterocycles. The van der Waals surface area contributed by atoms with Crippen LogP contribution in [-0.2, 0) is 4.74 Å². The van der Waals surface area contributed by atoms with Crippen LogP contribution in [0.3, 0.4) is 0 Å². The molecule has 3 aromatic rings. The van der Waals surface area contributed by atoms with Crippen LogP contribution >= 0.6 is 0 Å². The van der Waals surface area contributed by atoms with Gasteiger partial charge in [0.15, 0.2) is 5.69 Å². The molecule has 0 unspecified atom stereocenters. The number of halogens is 3. The summed E-state index contributed by atoms with van der Waals surface area (Å²) in [7, 11) is 0. The minimum atomic E-state index is -4.76. The highest BCUT2D eigenvalue weighted by atomic mass is 19.4. The van der Waals surface area contributed by atoms with Crippen molar-refractivity contribution in [1.82, 2.24) is 14.8 Å². The molecule has 0 saturated carbocycles. The maximum Gasteiger partial charge on any atom is 0.573 e. The van der Waals surface area contributed by atoms with Crippen LogP contribution in [0.25, 0.3) is 16.6 Å². The number of hydrogen-bond acceptors (Lipinski definition) is 5. The van der Waals surface area contributed by atoms with E-state index in [9.17, 15) is 18.0 Å². The van der Waals surface area contributed by atoms with E-state index in [0.717, 1.165) is 0 Å². The lowest BCUT2D eigenvalue weighted by molar-refractivity contribution is -0.274. The van der Waals surface area contributed by atoms with Gasteiger partial charge in [-0.1, -0.05) is 0 Å². The van der Waals surface area contributed by atoms with Crippen LogP contribution in [0.15, 0.2) is 42.7 Å². The van der Waals surface area contributed by atoms with Gasteiger partial charge < -0.3 is 9.47 Å². The summed E-state index contributed by atoms with van der Waals surface area (Å²) >= 11 is 0. The van der Waals surface area contributed by atoms with Gasteiger partial charge in [0, 0.05) is 12.4 Å². The van der Waals surface area contributed by atoms with E-state index in [-0.39, 0.29) is 18.1 Å². The van der Waals surface area contributed by atoms with Crippen LogP contribution < -0.4 is 4.74 Å². The number of aromatic nitrogens is 3. The van der Waals surface area contributed by atoms with Gasteiger partial charge in [-0.2, -0.15) is 5.10 Å². The molecule has 25 heavy (non-hydrogen) atoms. The summed E-state index contributed by atoms with van der Waals surface area (Å²) in [4.78, 5) is 16.0. The lowest BCUT2D eigenvalue weighted by atomic mass is 10.2. The predicted octanol–water partition coefficient (Wildman–Crippen LogP) is 3.50. The zero-order chi connectivity index (χ0) is 18.0. The quantitative estimate of drug-likeness (QED) is 0.673. The van der Waals surface area contributed by atoms with Crippen LogP contribution in [0.5, 0.6) is 5.75 Å². The molecule has 0 saturated heterocycles. The van der Waals surface area contributed by atoms with E-state index >= 15 is 0 Å². The number of alkyl halides is 3. The van der Waals surface area contributed by atoms with Crippen LogP contribution in [0.1, 0.15) is 17.4 Å². The molecule has 0 fully saturated rings. The molecule has 9 heteroatoms. The average Bonchev–Trinajstić information content (AvgIpc) is 2.94. The van der Waals surface area contributed by atoms with Crippen molar-refractivity contribution in [2.45, 2.75) is 13.3 Å². The van der Waals surface area contributed by atoms with Gasteiger partial charge in [-0.15, -0.1) is 13.2 Å². The van der Waals surface area contributed by atoms with E-state index in [1.165, 1.54) is 41.3 Å². The maximum atomic E-state index is 12.2. The number of rotatable bonds is 4. The van der Waals surface area contributed by atoms with Gasteiger partial charge in [0.1, 0.15) is 5.75 Å². The number of carbonyl (C=O) groups excluding carboxylic acids is 1. The molecule has 0 radical (unpaired) electrons. The van der Waals surface area contributed by atoms with Gasteiger partial charge in [-0.05, 0) is 37.3 Å². The van der Waals surface area contributed by atoms with Gasteiger partial charge in [0.25, 0.3) is 0 Å². The van der Waals surface area contributed by atoms with E-state index in [1.807, 2.05) is 0 Å². The van der Waals surface area contributed by atoms with E-state index in [2.05, 4.69) is 14.8 Å². The fourth-order valence-corrected chi connectivity index (χ4v) is 2.30. The number of carbonyl (C=O) groups is 1. The largest absolute Gasteiger partial charge is 0.573 e. The summed E-state index contributed by atoms with van der Waals surface area (Å²) in [5.74, 6) is -0.948. The first-order chi connectivity index (χ1) is 11.9.